The van der Waals surface area contributed by atoms with E-state index >= 15 is 0 Å². The van der Waals surface area contributed by atoms with Crippen molar-refractivity contribution in [3.8, 4) is 5.75 Å². The predicted octanol–water partition coefficient (Wildman–Crippen LogP) is 1.09. The molecular weight excluding hydrogens is 285 g/mol. The minimum Gasteiger partial charge on any atom is -0.497 e. The molecule has 1 atom stereocenters. The van der Waals surface area contributed by atoms with Crippen molar-refractivity contribution < 1.29 is 22.3 Å². The summed E-state index contributed by atoms with van der Waals surface area (Å²) in [7, 11) is -0.179. The summed E-state index contributed by atoms with van der Waals surface area (Å²) in [5.41, 5.74) is -0.0856. The monoisotopic (exact) mass is 301 g/mol. The molecule has 0 radical (unpaired) electrons. The molecular formula is C13H16FNO4S. The summed E-state index contributed by atoms with van der Waals surface area (Å²) in [5.74, 6) is -0.868. The lowest BCUT2D eigenvalue weighted by Crippen LogP contribution is -2.38. The number of rotatable bonds is 3. The van der Waals surface area contributed by atoms with Gasteiger partial charge in [-0.15, -0.1) is 0 Å². The van der Waals surface area contributed by atoms with Gasteiger partial charge < -0.3 is 9.64 Å². The first-order valence-electron chi connectivity index (χ1n) is 6.15. The van der Waals surface area contributed by atoms with Crippen molar-refractivity contribution >= 4 is 15.7 Å². The van der Waals surface area contributed by atoms with E-state index in [9.17, 15) is 17.6 Å². The highest BCUT2D eigenvalue weighted by molar-refractivity contribution is 7.91. The Morgan fingerprint density at radius 2 is 2.15 bits per heavy atom. The summed E-state index contributed by atoms with van der Waals surface area (Å²) in [4.78, 5) is 13.5. The molecule has 1 fully saturated rings. The van der Waals surface area contributed by atoms with Gasteiger partial charge in [0.15, 0.2) is 9.84 Å². The Morgan fingerprint density at radius 3 is 2.65 bits per heavy atom. The standard InChI is InChI=1S/C13H16FNO4S/c1-15(9-5-6-20(17,18)8-9)13(16)11-4-3-10(19-2)7-12(11)14/h3-4,7,9H,5-6,8H2,1-2H3. The van der Waals surface area contributed by atoms with Gasteiger partial charge in [-0.3, -0.25) is 4.79 Å². The maximum Gasteiger partial charge on any atom is 0.256 e. The molecule has 1 amide bonds. The Morgan fingerprint density at radius 1 is 1.45 bits per heavy atom. The van der Waals surface area contributed by atoms with Crippen LogP contribution in [-0.2, 0) is 9.84 Å². The minimum atomic E-state index is -3.08. The van der Waals surface area contributed by atoms with Crippen molar-refractivity contribution in [2.24, 2.45) is 0 Å². The molecule has 1 unspecified atom stereocenters. The van der Waals surface area contributed by atoms with E-state index in [2.05, 4.69) is 0 Å². The molecule has 110 valence electrons. The topological polar surface area (TPSA) is 63.7 Å². The van der Waals surface area contributed by atoms with Gasteiger partial charge in [0.05, 0.1) is 24.2 Å². The third-order valence-electron chi connectivity index (χ3n) is 3.48. The number of hydrogen-bond donors (Lipinski definition) is 0. The number of ether oxygens (including phenoxy) is 1. The molecule has 0 N–H and O–H groups in total. The molecule has 1 saturated heterocycles. The highest BCUT2D eigenvalue weighted by atomic mass is 32.2. The zero-order valence-corrected chi connectivity index (χ0v) is 12.1. The highest BCUT2D eigenvalue weighted by Crippen LogP contribution is 2.21. The van der Waals surface area contributed by atoms with Crippen molar-refractivity contribution in [1.82, 2.24) is 4.90 Å². The second-order valence-corrected chi connectivity index (χ2v) is 7.05. The van der Waals surface area contributed by atoms with Crippen molar-refractivity contribution in [1.29, 1.82) is 0 Å². The average molecular weight is 301 g/mol. The molecule has 2 rings (SSSR count). The lowest BCUT2D eigenvalue weighted by molar-refractivity contribution is 0.0743. The van der Waals surface area contributed by atoms with Crippen LogP contribution in [-0.4, -0.2) is 50.9 Å². The third-order valence-corrected chi connectivity index (χ3v) is 5.23. The summed E-state index contributed by atoms with van der Waals surface area (Å²) in [6.45, 7) is 0. The van der Waals surface area contributed by atoms with Gasteiger partial charge in [0.25, 0.3) is 5.91 Å². The number of sulfone groups is 1. The second-order valence-electron chi connectivity index (χ2n) is 4.82. The van der Waals surface area contributed by atoms with E-state index in [0.717, 1.165) is 6.07 Å². The van der Waals surface area contributed by atoms with E-state index in [0.29, 0.717) is 12.2 Å². The van der Waals surface area contributed by atoms with Crippen LogP contribution in [0.3, 0.4) is 0 Å². The maximum atomic E-state index is 13.8. The van der Waals surface area contributed by atoms with Crippen LogP contribution in [0.15, 0.2) is 18.2 Å². The number of halogens is 1. The minimum absolute atomic E-state index is 0.0625. The molecule has 0 aromatic heterocycles. The van der Waals surface area contributed by atoms with Crippen LogP contribution in [0, 0.1) is 5.82 Å². The molecule has 1 aliphatic heterocycles. The summed E-state index contributed by atoms with van der Waals surface area (Å²) in [6, 6.07) is 3.58. The molecule has 0 bridgehead atoms. The Hall–Kier alpha value is -1.63. The van der Waals surface area contributed by atoms with Gasteiger partial charge in [0.1, 0.15) is 11.6 Å². The first-order chi connectivity index (χ1) is 9.34. The zero-order chi connectivity index (χ0) is 14.9. The first-order valence-corrected chi connectivity index (χ1v) is 7.97. The van der Waals surface area contributed by atoms with Crippen LogP contribution >= 0.6 is 0 Å². The fourth-order valence-electron chi connectivity index (χ4n) is 2.23. The third kappa shape index (κ3) is 2.92. The van der Waals surface area contributed by atoms with E-state index in [1.807, 2.05) is 0 Å². The smallest absolute Gasteiger partial charge is 0.256 e. The van der Waals surface area contributed by atoms with Crippen molar-refractivity contribution in [3.05, 3.63) is 29.6 Å². The SMILES string of the molecule is COc1ccc(C(=O)N(C)C2CCS(=O)(=O)C2)c(F)c1. The Balaban J connectivity index is 2.19. The van der Waals surface area contributed by atoms with Crippen LogP contribution < -0.4 is 4.74 Å². The molecule has 1 aromatic carbocycles. The number of hydrogen-bond acceptors (Lipinski definition) is 4. The summed E-state index contributed by atoms with van der Waals surface area (Å²) >= 11 is 0. The van der Waals surface area contributed by atoms with Crippen molar-refractivity contribution in [3.63, 3.8) is 0 Å². The first kappa shape index (κ1) is 14.8. The predicted molar refractivity (Wildman–Crippen MR) is 72.1 cm³/mol. The quantitative estimate of drug-likeness (QED) is 0.838. The van der Waals surface area contributed by atoms with Gasteiger partial charge in [0.2, 0.25) is 0 Å². The molecule has 0 aliphatic carbocycles. The second kappa shape index (κ2) is 5.40. The molecule has 20 heavy (non-hydrogen) atoms. The van der Waals surface area contributed by atoms with Gasteiger partial charge >= 0.3 is 0 Å². The number of carbonyl (C=O) groups excluding carboxylic acids is 1. The number of methoxy groups -OCH3 is 1. The molecule has 0 saturated carbocycles. The van der Waals surface area contributed by atoms with E-state index < -0.39 is 27.6 Å². The zero-order valence-electron chi connectivity index (χ0n) is 11.3. The van der Waals surface area contributed by atoms with Crippen LogP contribution in [0.25, 0.3) is 0 Å². The summed E-state index contributed by atoms with van der Waals surface area (Å²) in [5, 5.41) is 0. The Bertz CT molecular complexity index is 629. The van der Waals surface area contributed by atoms with Gasteiger partial charge in [-0.05, 0) is 18.6 Å². The summed E-state index contributed by atoms with van der Waals surface area (Å²) < 4.78 is 41.6. The molecule has 7 heteroatoms. The summed E-state index contributed by atoms with van der Waals surface area (Å²) in [6.07, 6.45) is 0.391. The molecule has 1 heterocycles. The maximum absolute atomic E-state index is 13.8. The molecule has 0 spiro atoms. The van der Waals surface area contributed by atoms with Crippen LogP contribution in [0.4, 0.5) is 4.39 Å². The van der Waals surface area contributed by atoms with E-state index in [-0.39, 0.29) is 17.1 Å². The average Bonchev–Trinajstić information content (AvgIpc) is 2.77. The lowest BCUT2D eigenvalue weighted by Gasteiger charge is -2.23. The fourth-order valence-corrected chi connectivity index (χ4v) is 4.01. The fraction of sp³-hybridized carbons (Fsp3) is 0.462. The van der Waals surface area contributed by atoms with Crippen LogP contribution in [0.2, 0.25) is 0 Å². The lowest BCUT2D eigenvalue weighted by atomic mass is 10.1. The number of benzene rings is 1. The molecule has 1 aromatic rings. The van der Waals surface area contributed by atoms with Gasteiger partial charge in [-0.25, -0.2) is 12.8 Å². The number of amides is 1. The van der Waals surface area contributed by atoms with Crippen molar-refractivity contribution in [2.75, 3.05) is 25.7 Å². The van der Waals surface area contributed by atoms with Crippen molar-refractivity contribution in [2.45, 2.75) is 12.5 Å². The number of carbonyl (C=O) groups is 1. The Labute approximate surface area is 117 Å². The van der Waals surface area contributed by atoms with Gasteiger partial charge in [0, 0.05) is 19.2 Å². The van der Waals surface area contributed by atoms with Gasteiger partial charge in [-0.2, -0.15) is 0 Å². The van der Waals surface area contributed by atoms with Crippen LogP contribution in [0.5, 0.6) is 5.75 Å². The highest BCUT2D eigenvalue weighted by Gasteiger charge is 2.33. The van der Waals surface area contributed by atoms with E-state index in [4.69, 9.17) is 4.74 Å². The largest absolute Gasteiger partial charge is 0.497 e. The number of nitrogens with zero attached hydrogens (tertiary/aromatic N) is 1. The molecule has 5 nitrogen and oxygen atoms in total. The van der Waals surface area contributed by atoms with E-state index in [1.54, 1.807) is 0 Å². The van der Waals surface area contributed by atoms with Gasteiger partial charge in [-0.1, -0.05) is 0 Å². The Kier molecular flexibility index (Phi) is 3.99. The normalized spacial score (nSPS) is 20.6. The molecule has 1 aliphatic rings. The van der Waals surface area contributed by atoms with E-state index in [1.165, 1.54) is 31.2 Å². The van der Waals surface area contributed by atoms with Crippen LogP contribution in [0.1, 0.15) is 16.8 Å².